The Morgan fingerprint density at radius 1 is 1.50 bits per heavy atom. The number of hydrogen-bond donors (Lipinski definition) is 0. The van der Waals surface area contributed by atoms with E-state index in [0.717, 1.165) is 18.4 Å². The molecule has 0 radical (unpaired) electrons. The maximum absolute atomic E-state index is 13.7. The van der Waals surface area contributed by atoms with Crippen molar-refractivity contribution < 1.29 is 13.9 Å². The van der Waals surface area contributed by atoms with Crippen LogP contribution in [0.4, 0.5) is 4.39 Å². The maximum Gasteiger partial charge on any atom is 0.257 e. The molecule has 0 spiro atoms. The van der Waals surface area contributed by atoms with Crippen LogP contribution < -0.4 is 0 Å². The Morgan fingerprint density at radius 3 is 2.83 bits per heavy atom. The molecular formula is C14H18FNO2. The molecule has 0 atom stereocenters. The molecule has 0 bridgehead atoms. The lowest BCUT2D eigenvalue weighted by atomic mass is 10.1. The van der Waals surface area contributed by atoms with E-state index in [-0.39, 0.29) is 17.5 Å². The minimum Gasteiger partial charge on any atom is -0.383 e. The van der Waals surface area contributed by atoms with Crippen molar-refractivity contribution in [3.63, 3.8) is 0 Å². The van der Waals surface area contributed by atoms with Gasteiger partial charge in [-0.05, 0) is 31.9 Å². The van der Waals surface area contributed by atoms with Crippen molar-refractivity contribution in [1.29, 1.82) is 0 Å². The van der Waals surface area contributed by atoms with E-state index in [9.17, 15) is 9.18 Å². The second-order valence-electron chi connectivity index (χ2n) is 4.71. The van der Waals surface area contributed by atoms with Crippen LogP contribution in [0, 0.1) is 12.7 Å². The van der Waals surface area contributed by atoms with Gasteiger partial charge in [-0.1, -0.05) is 11.6 Å². The summed E-state index contributed by atoms with van der Waals surface area (Å²) in [5.74, 6) is -0.676. The molecule has 1 aromatic rings. The first-order chi connectivity index (χ1) is 8.63. The number of aryl methyl sites for hydroxylation is 1. The smallest absolute Gasteiger partial charge is 0.257 e. The van der Waals surface area contributed by atoms with Crippen LogP contribution in [0.2, 0.25) is 0 Å². The zero-order valence-corrected chi connectivity index (χ0v) is 10.8. The van der Waals surface area contributed by atoms with Crippen molar-refractivity contribution in [3.05, 3.63) is 35.1 Å². The maximum atomic E-state index is 13.7. The first-order valence-corrected chi connectivity index (χ1v) is 6.19. The van der Waals surface area contributed by atoms with Gasteiger partial charge in [-0.3, -0.25) is 4.79 Å². The average Bonchev–Trinajstić information content (AvgIpc) is 3.17. The van der Waals surface area contributed by atoms with Crippen LogP contribution >= 0.6 is 0 Å². The standard InChI is InChI=1S/C14H18FNO2/c1-10-3-6-13(15)12(9-10)14(17)16(7-8-18-2)11-4-5-11/h3,6,9,11H,4-5,7-8H2,1-2H3. The number of halogens is 1. The summed E-state index contributed by atoms with van der Waals surface area (Å²) in [6.45, 7) is 2.86. The van der Waals surface area contributed by atoms with Gasteiger partial charge in [-0.2, -0.15) is 0 Å². The third-order valence-electron chi connectivity index (χ3n) is 3.14. The van der Waals surface area contributed by atoms with Gasteiger partial charge >= 0.3 is 0 Å². The summed E-state index contributed by atoms with van der Waals surface area (Å²) < 4.78 is 18.7. The Kier molecular flexibility index (Phi) is 3.97. The minimum absolute atomic E-state index is 0.165. The summed E-state index contributed by atoms with van der Waals surface area (Å²) in [6, 6.07) is 4.89. The van der Waals surface area contributed by atoms with Gasteiger partial charge in [0, 0.05) is 19.7 Å². The quantitative estimate of drug-likeness (QED) is 0.804. The molecule has 1 saturated carbocycles. The zero-order valence-electron chi connectivity index (χ0n) is 10.8. The Balaban J connectivity index is 2.19. The lowest BCUT2D eigenvalue weighted by molar-refractivity contribution is 0.0675. The molecule has 18 heavy (non-hydrogen) atoms. The number of nitrogens with zero attached hydrogens (tertiary/aromatic N) is 1. The first-order valence-electron chi connectivity index (χ1n) is 6.19. The predicted octanol–water partition coefficient (Wildman–Crippen LogP) is 2.39. The Hall–Kier alpha value is -1.42. The van der Waals surface area contributed by atoms with Gasteiger partial charge in [0.2, 0.25) is 0 Å². The monoisotopic (exact) mass is 251 g/mol. The van der Waals surface area contributed by atoms with E-state index < -0.39 is 5.82 Å². The van der Waals surface area contributed by atoms with E-state index >= 15 is 0 Å². The Bertz CT molecular complexity index is 443. The fourth-order valence-corrected chi connectivity index (χ4v) is 1.98. The van der Waals surface area contributed by atoms with Gasteiger partial charge < -0.3 is 9.64 Å². The van der Waals surface area contributed by atoms with Crippen LogP contribution in [-0.4, -0.2) is 37.1 Å². The van der Waals surface area contributed by atoms with Crippen LogP contribution in [0.5, 0.6) is 0 Å². The van der Waals surface area contributed by atoms with E-state index in [0.29, 0.717) is 13.2 Å². The van der Waals surface area contributed by atoms with Crippen LogP contribution in [0.1, 0.15) is 28.8 Å². The molecule has 3 nitrogen and oxygen atoms in total. The highest BCUT2D eigenvalue weighted by molar-refractivity contribution is 5.95. The topological polar surface area (TPSA) is 29.5 Å². The average molecular weight is 251 g/mol. The lowest BCUT2D eigenvalue weighted by Crippen LogP contribution is -2.36. The van der Waals surface area contributed by atoms with Crippen molar-refractivity contribution in [3.8, 4) is 0 Å². The summed E-state index contributed by atoms with van der Waals surface area (Å²) in [5, 5.41) is 0. The second-order valence-corrected chi connectivity index (χ2v) is 4.71. The van der Waals surface area contributed by atoms with Crippen molar-refractivity contribution in [2.75, 3.05) is 20.3 Å². The largest absolute Gasteiger partial charge is 0.383 e. The molecule has 0 heterocycles. The van der Waals surface area contributed by atoms with Gasteiger partial charge in [0.1, 0.15) is 5.82 Å². The molecule has 98 valence electrons. The van der Waals surface area contributed by atoms with E-state index in [4.69, 9.17) is 4.74 Å². The van der Waals surface area contributed by atoms with Gasteiger partial charge in [-0.25, -0.2) is 4.39 Å². The van der Waals surface area contributed by atoms with Crippen molar-refractivity contribution in [1.82, 2.24) is 4.90 Å². The van der Waals surface area contributed by atoms with Gasteiger partial charge in [0.05, 0.1) is 12.2 Å². The molecule has 0 saturated heterocycles. The summed E-state index contributed by atoms with van der Waals surface area (Å²) in [7, 11) is 1.60. The van der Waals surface area contributed by atoms with Crippen molar-refractivity contribution in [2.24, 2.45) is 0 Å². The third kappa shape index (κ3) is 2.88. The zero-order chi connectivity index (χ0) is 13.1. The highest BCUT2D eigenvalue weighted by Gasteiger charge is 2.33. The molecule has 1 aliphatic rings. The molecule has 1 aliphatic carbocycles. The molecule has 4 heteroatoms. The van der Waals surface area contributed by atoms with E-state index in [1.54, 1.807) is 24.1 Å². The molecule has 1 aromatic carbocycles. The fraction of sp³-hybridized carbons (Fsp3) is 0.500. The highest BCUT2D eigenvalue weighted by Crippen LogP contribution is 2.28. The summed E-state index contributed by atoms with van der Waals surface area (Å²) in [4.78, 5) is 14.1. The van der Waals surface area contributed by atoms with Crippen LogP contribution in [0.3, 0.4) is 0 Å². The number of carbonyl (C=O) groups is 1. The van der Waals surface area contributed by atoms with E-state index in [1.807, 2.05) is 6.92 Å². The number of methoxy groups -OCH3 is 1. The van der Waals surface area contributed by atoms with Crippen LogP contribution in [-0.2, 0) is 4.74 Å². The molecule has 0 N–H and O–H groups in total. The number of hydrogen-bond acceptors (Lipinski definition) is 2. The van der Waals surface area contributed by atoms with Crippen molar-refractivity contribution in [2.45, 2.75) is 25.8 Å². The molecule has 1 fully saturated rings. The number of amides is 1. The molecular weight excluding hydrogens is 233 g/mol. The predicted molar refractivity (Wildman–Crippen MR) is 67.1 cm³/mol. The van der Waals surface area contributed by atoms with Gasteiger partial charge in [-0.15, -0.1) is 0 Å². The van der Waals surface area contributed by atoms with Crippen molar-refractivity contribution >= 4 is 5.91 Å². The molecule has 2 rings (SSSR count). The van der Waals surface area contributed by atoms with Crippen LogP contribution in [0.15, 0.2) is 18.2 Å². The summed E-state index contributed by atoms with van der Waals surface area (Å²) in [6.07, 6.45) is 2.01. The molecule has 1 amide bonds. The number of carbonyl (C=O) groups excluding carboxylic acids is 1. The molecule has 0 aliphatic heterocycles. The number of rotatable bonds is 5. The SMILES string of the molecule is COCCN(C(=O)c1cc(C)ccc1F)C1CC1. The van der Waals surface area contributed by atoms with Gasteiger partial charge in [0.25, 0.3) is 5.91 Å². The minimum atomic E-state index is -0.450. The third-order valence-corrected chi connectivity index (χ3v) is 3.14. The molecule has 0 unspecified atom stereocenters. The summed E-state index contributed by atoms with van der Waals surface area (Å²) in [5.41, 5.74) is 1.06. The first kappa shape index (κ1) is 13.0. The molecule has 0 aromatic heterocycles. The number of benzene rings is 1. The van der Waals surface area contributed by atoms with E-state index in [2.05, 4.69) is 0 Å². The van der Waals surface area contributed by atoms with Gasteiger partial charge in [0.15, 0.2) is 0 Å². The Labute approximate surface area is 107 Å². The van der Waals surface area contributed by atoms with E-state index in [1.165, 1.54) is 6.07 Å². The lowest BCUT2D eigenvalue weighted by Gasteiger charge is -2.22. The highest BCUT2D eigenvalue weighted by atomic mass is 19.1. The second kappa shape index (κ2) is 5.48. The van der Waals surface area contributed by atoms with Crippen LogP contribution in [0.25, 0.3) is 0 Å². The number of ether oxygens (including phenoxy) is 1. The Morgan fingerprint density at radius 2 is 2.22 bits per heavy atom. The normalized spacial score (nSPS) is 14.6. The summed E-state index contributed by atoms with van der Waals surface area (Å²) >= 11 is 0. The fourth-order valence-electron chi connectivity index (χ4n) is 1.98.